The Morgan fingerprint density at radius 2 is 0.968 bits per heavy atom. The summed E-state index contributed by atoms with van der Waals surface area (Å²) in [6.45, 7) is 0. The van der Waals surface area contributed by atoms with Gasteiger partial charge in [0, 0.05) is 28.1 Å². The van der Waals surface area contributed by atoms with Crippen molar-refractivity contribution in [3.8, 4) is 28.1 Å². The molecule has 6 aromatic rings. The number of nitrogens with zero attached hydrogens (tertiary/aromatic N) is 2. The van der Waals surface area contributed by atoms with E-state index in [2.05, 4.69) is 114 Å². The van der Waals surface area contributed by atoms with E-state index < -0.39 is 0 Å². The van der Waals surface area contributed by atoms with Crippen LogP contribution in [0.15, 0.2) is 121 Å². The van der Waals surface area contributed by atoms with Gasteiger partial charge in [0.1, 0.15) is 5.82 Å². The molecule has 0 spiro atoms. The van der Waals surface area contributed by atoms with Crippen molar-refractivity contribution in [3.63, 3.8) is 0 Å². The Hall–Kier alpha value is -4.17. The van der Waals surface area contributed by atoms with Crippen LogP contribution >= 0.6 is 0 Å². The fraction of sp³-hybridized carbons (Fsp3) is 0. The Balaban J connectivity index is 1.83. The summed E-state index contributed by atoms with van der Waals surface area (Å²) in [4.78, 5) is 4.75. The molecule has 0 bridgehead atoms. The van der Waals surface area contributed by atoms with Crippen LogP contribution in [-0.2, 0) is 0 Å². The van der Waals surface area contributed by atoms with Gasteiger partial charge in [-0.05, 0) is 23.3 Å². The summed E-state index contributed by atoms with van der Waals surface area (Å²) in [6.07, 6.45) is 1.86. The second-order valence-corrected chi connectivity index (χ2v) is 7.66. The average molecular weight is 396 g/mol. The summed E-state index contributed by atoms with van der Waals surface area (Å²) >= 11 is 0. The molecule has 2 heterocycles. The fourth-order valence-electron chi connectivity index (χ4n) is 4.53. The molecule has 4 aromatic carbocycles. The summed E-state index contributed by atoms with van der Waals surface area (Å²) in [7, 11) is 0. The molecule has 0 N–H and O–H groups in total. The molecule has 0 saturated heterocycles. The lowest BCUT2D eigenvalue weighted by Gasteiger charge is -2.13. The van der Waals surface area contributed by atoms with Gasteiger partial charge in [-0.2, -0.15) is 0 Å². The van der Waals surface area contributed by atoms with E-state index in [1.54, 1.807) is 0 Å². The lowest BCUT2D eigenvalue weighted by Crippen LogP contribution is -1.99. The van der Waals surface area contributed by atoms with E-state index in [1.165, 1.54) is 44.1 Å². The molecule has 0 unspecified atom stereocenters. The smallest absolute Gasteiger partial charge is 0.137 e. The summed E-state index contributed by atoms with van der Waals surface area (Å²) in [5, 5.41) is 2.47. The van der Waals surface area contributed by atoms with Crippen molar-refractivity contribution in [1.82, 2.24) is 9.55 Å². The minimum absolute atomic E-state index is 0.925. The van der Waals surface area contributed by atoms with Crippen LogP contribution < -0.4 is 0 Å². The number of pyridine rings is 1. The number of rotatable bonds is 3. The molecule has 146 valence electrons. The Kier molecular flexibility index (Phi) is 4.14. The SMILES string of the molecule is c1ccc(-c2cccc3c4cccc(-c5ccccc5)c4n(-c4ccccn4)c23)cc1. The summed E-state index contributed by atoms with van der Waals surface area (Å²) in [6, 6.07) is 40.5. The first-order chi connectivity index (χ1) is 15.4. The van der Waals surface area contributed by atoms with E-state index >= 15 is 0 Å². The molecule has 2 aromatic heterocycles. The number of aromatic nitrogens is 2. The molecule has 2 heteroatoms. The molecule has 0 amide bonds. The Morgan fingerprint density at radius 1 is 0.452 bits per heavy atom. The van der Waals surface area contributed by atoms with Gasteiger partial charge in [-0.25, -0.2) is 4.98 Å². The molecule has 2 nitrogen and oxygen atoms in total. The number of fused-ring (bicyclic) bond motifs is 3. The second kappa shape index (κ2) is 7.26. The van der Waals surface area contributed by atoms with Crippen LogP contribution in [-0.4, -0.2) is 9.55 Å². The first kappa shape index (κ1) is 17.7. The van der Waals surface area contributed by atoms with Crippen molar-refractivity contribution in [2.45, 2.75) is 0 Å². The standard InChI is InChI=1S/C29H20N2/c1-3-11-21(12-4-1)23-15-9-17-25-26-18-10-16-24(22-13-5-2-6-14-22)29(26)31(28(23)25)27-19-7-8-20-30-27/h1-20H. The van der Waals surface area contributed by atoms with Crippen molar-refractivity contribution in [3.05, 3.63) is 121 Å². The van der Waals surface area contributed by atoms with E-state index in [-0.39, 0.29) is 0 Å². The topological polar surface area (TPSA) is 17.8 Å². The second-order valence-electron chi connectivity index (χ2n) is 7.66. The van der Waals surface area contributed by atoms with Gasteiger partial charge in [-0.3, -0.25) is 4.57 Å². The maximum atomic E-state index is 4.75. The maximum absolute atomic E-state index is 4.75. The van der Waals surface area contributed by atoms with Gasteiger partial charge < -0.3 is 0 Å². The van der Waals surface area contributed by atoms with Crippen molar-refractivity contribution in [2.24, 2.45) is 0 Å². The molecule has 6 rings (SSSR count). The zero-order valence-corrected chi connectivity index (χ0v) is 16.9. The Bertz CT molecular complexity index is 1400. The summed E-state index contributed by atoms with van der Waals surface area (Å²) in [5.74, 6) is 0.925. The number of benzene rings is 4. The lowest BCUT2D eigenvalue weighted by atomic mass is 10.0. The van der Waals surface area contributed by atoms with E-state index in [9.17, 15) is 0 Å². The predicted octanol–water partition coefficient (Wildman–Crippen LogP) is 7.51. The fourth-order valence-corrected chi connectivity index (χ4v) is 4.53. The molecule has 0 radical (unpaired) electrons. The molecule has 0 aliphatic carbocycles. The third kappa shape index (κ3) is 2.84. The van der Waals surface area contributed by atoms with Crippen molar-refractivity contribution >= 4 is 21.8 Å². The number of para-hydroxylation sites is 2. The first-order valence-corrected chi connectivity index (χ1v) is 10.5. The van der Waals surface area contributed by atoms with Crippen LogP contribution in [0.1, 0.15) is 0 Å². The molecule has 0 atom stereocenters. The molecule has 0 aliphatic heterocycles. The van der Waals surface area contributed by atoms with Gasteiger partial charge >= 0.3 is 0 Å². The average Bonchev–Trinajstić information content (AvgIpc) is 3.20. The summed E-state index contributed by atoms with van der Waals surface area (Å²) < 4.78 is 2.33. The third-order valence-electron chi connectivity index (χ3n) is 5.86. The highest BCUT2D eigenvalue weighted by molar-refractivity contribution is 6.17. The molecule has 31 heavy (non-hydrogen) atoms. The molecular weight excluding hydrogens is 376 g/mol. The Morgan fingerprint density at radius 3 is 1.45 bits per heavy atom. The van der Waals surface area contributed by atoms with Crippen molar-refractivity contribution < 1.29 is 0 Å². The quantitative estimate of drug-likeness (QED) is 0.303. The third-order valence-corrected chi connectivity index (χ3v) is 5.86. The highest BCUT2D eigenvalue weighted by Gasteiger charge is 2.19. The maximum Gasteiger partial charge on any atom is 0.137 e. The van der Waals surface area contributed by atoms with Crippen LogP contribution in [0.3, 0.4) is 0 Å². The number of hydrogen-bond donors (Lipinski definition) is 0. The highest BCUT2D eigenvalue weighted by Crippen LogP contribution is 2.41. The van der Waals surface area contributed by atoms with Gasteiger partial charge in [-0.1, -0.05) is 103 Å². The normalized spacial score (nSPS) is 11.2. The zero-order chi connectivity index (χ0) is 20.6. The number of hydrogen-bond acceptors (Lipinski definition) is 1. The van der Waals surface area contributed by atoms with Crippen molar-refractivity contribution in [2.75, 3.05) is 0 Å². The molecule has 0 fully saturated rings. The van der Waals surface area contributed by atoms with E-state index in [0.717, 1.165) is 5.82 Å². The summed E-state index contributed by atoms with van der Waals surface area (Å²) in [5.41, 5.74) is 7.19. The Labute approximate surface area is 181 Å². The van der Waals surface area contributed by atoms with E-state index in [1.807, 2.05) is 12.3 Å². The van der Waals surface area contributed by atoms with Crippen LogP contribution in [0.2, 0.25) is 0 Å². The van der Waals surface area contributed by atoms with Crippen LogP contribution in [0.25, 0.3) is 49.9 Å². The van der Waals surface area contributed by atoms with Crippen LogP contribution in [0.4, 0.5) is 0 Å². The van der Waals surface area contributed by atoms with Crippen molar-refractivity contribution in [1.29, 1.82) is 0 Å². The zero-order valence-electron chi connectivity index (χ0n) is 16.9. The minimum atomic E-state index is 0.925. The molecule has 0 aliphatic rings. The monoisotopic (exact) mass is 396 g/mol. The van der Waals surface area contributed by atoms with E-state index in [4.69, 9.17) is 4.98 Å². The molecule has 0 saturated carbocycles. The predicted molar refractivity (Wildman–Crippen MR) is 129 cm³/mol. The van der Waals surface area contributed by atoms with Crippen LogP contribution in [0.5, 0.6) is 0 Å². The highest BCUT2D eigenvalue weighted by atomic mass is 15.1. The van der Waals surface area contributed by atoms with Gasteiger partial charge in [0.15, 0.2) is 0 Å². The van der Waals surface area contributed by atoms with Gasteiger partial charge in [0.05, 0.1) is 11.0 Å². The van der Waals surface area contributed by atoms with Gasteiger partial charge in [-0.15, -0.1) is 0 Å². The largest absolute Gasteiger partial charge is 0.293 e. The molecular formula is C29H20N2. The van der Waals surface area contributed by atoms with Crippen LogP contribution in [0, 0.1) is 0 Å². The van der Waals surface area contributed by atoms with Gasteiger partial charge in [0.2, 0.25) is 0 Å². The van der Waals surface area contributed by atoms with E-state index in [0.29, 0.717) is 0 Å². The van der Waals surface area contributed by atoms with Gasteiger partial charge in [0.25, 0.3) is 0 Å². The minimum Gasteiger partial charge on any atom is -0.293 e. The lowest BCUT2D eigenvalue weighted by molar-refractivity contribution is 1.08. The first-order valence-electron chi connectivity index (χ1n) is 10.5.